The SMILES string of the molecule is Nc1c(S(=O)(=O)O)ccc(C(=O)O)c1[O-].[Na+]. The minimum Gasteiger partial charge on any atom is -0.870 e. The van der Waals surface area contributed by atoms with E-state index in [1.807, 2.05) is 0 Å². The Morgan fingerprint density at radius 1 is 1.38 bits per heavy atom. The van der Waals surface area contributed by atoms with Crippen LogP contribution in [0.15, 0.2) is 17.0 Å². The smallest absolute Gasteiger partial charge is 0.870 e. The number of carbonyl (C=O) groups is 1. The molecule has 0 aliphatic heterocycles. The standard InChI is InChI=1S/C7H7NO6S.Na/c8-5-4(15(12,13)14)2-1-3(6(5)9)7(10)11;/h1-2,9H,8H2,(H,10,11)(H,12,13,14);/q;+1/p-1. The summed E-state index contributed by atoms with van der Waals surface area (Å²) in [5, 5.41) is 19.7. The minimum atomic E-state index is -4.62. The molecule has 82 valence electrons. The van der Waals surface area contributed by atoms with Crippen LogP contribution in [0.5, 0.6) is 5.75 Å². The quantitative estimate of drug-likeness (QED) is 0.280. The molecule has 0 bridgehead atoms. The summed E-state index contributed by atoms with van der Waals surface area (Å²) < 4.78 is 30.0. The predicted molar refractivity (Wildman–Crippen MR) is 47.1 cm³/mol. The first-order chi connectivity index (χ1) is 6.75. The zero-order valence-electron chi connectivity index (χ0n) is 8.17. The third-order valence-corrected chi connectivity index (χ3v) is 2.58. The van der Waals surface area contributed by atoms with Gasteiger partial charge in [-0.3, -0.25) is 4.55 Å². The summed E-state index contributed by atoms with van der Waals surface area (Å²) in [6.07, 6.45) is 0. The molecule has 4 N–H and O–H groups in total. The molecule has 0 heterocycles. The van der Waals surface area contributed by atoms with Gasteiger partial charge in [-0.1, -0.05) is 5.75 Å². The number of benzene rings is 1. The second-order valence-electron chi connectivity index (χ2n) is 2.63. The molecule has 0 spiro atoms. The van der Waals surface area contributed by atoms with E-state index in [4.69, 9.17) is 15.4 Å². The summed E-state index contributed by atoms with van der Waals surface area (Å²) in [7, 11) is -4.62. The average Bonchev–Trinajstić information content (AvgIpc) is 2.06. The first-order valence-electron chi connectivity index (χ1n) is 3.55. The number of anilines is 1. The van der Waals surface area contributed by atoms with Crippen molar-refractivity contribution in [1.82, 2.24) is 0 Å². The Morgan fingerprint density at radius 2 is 1.88 bits per heavy atom. The molecule has 0 aliphatic rings. The summed E-state index contributed by atoms with van der Waals surface area (Å²) in [4.78, 5) is 9.67. The zero-order chi connectivity index (χ0) is 11.8. The van der Waals surface area contributed by atoms with Crippen LogP contribution < -0.4 is 40.4 Å². The van der Waals surface area contributed by atoms with Gasteiger partial charge in [0.15, 0.2) is 0 Å². The van der Waals surface area contributed by atoms with Gasteiger partial charge in [0, 0.05) is 5.69 Å². The normalized spacial score (nSPS) is 10.6. The van der Waals surface area contributed by atoms with Crippen molar-refractivity contribution in [3.63, 3.8) is 0 Å². The summed E-state index contributed by atoms with van der Waals surface area (Å²) >= 11 is 0. The van der Waals surface area contributed by atoms with E-state index in [9.17, 15) is 18.3 Å². The molecule has 0 radical (unpaired) electrons. The summed E-state index contributed by atoms with van der Waals surface area (Å²) in [6, 6.07) is 1.53. The van der Waals surface area contributed by atoms with E-state index < -0.39 is 38.0 Å². The second-order valence-corrected chi connectivity index (χ2v) is 4.02. The van der Waals surface area contributed by atoms with Gasteiger partial charge in [0.1, 0.15) is 4.90 Å². The van der Waals surface area contributed by atoms with Gasteiger partial charge < -0.3 is 15.9 Å². The van der Waals surface area contributed by atoms with Crippen LogP contribution in [-0.2, 0) is 10.1 Å². The minimum absolute atomic E-state index is 0. The molecule has 0 saturated carbocycles. The Balaban J connectivity index is 0.00000225. The van der Waals surface area contributed by atoms with Gasteiger partial charge in [-0.2, -0.15) is 8.42 Å². The van der Waals surface area contributed by atoms with Gasteiger partial charge in [-0.15, -0.1) is 0 Å². The molecular formula is C7H6NNaO6S. The molecular weight excluding hydrogens is 249 g/mol. The maximum atomic E-state index is 11.2. The van der Waals surface area contributed by atoms with Crippen LogP contribution in [0.3, 0.4) is 0 Å². The third kappa shape index (κ3) is 2.86. The van der Waals surface area contributed by atoms with Crippen LogP contribution in [0.1, 0.15) is 10.4 Å². The molecule has 0 aliphatic carbocycles. The van der Waals surface area contributed by atoms with E-state index in [0.29, 0.717) is 0 Å². The van der Waals surface area contributed by atoms with E-state index in [-0.39, 0.29) is 29.6 Å². The van der Waals surface area contributed by atoms with Crippen LogP contribution in [0.4, 0.5) is 5.69 Å². The summed E-state index contributed by atoms with van der Waals surface area (Å²) in [5.41, 5.74) is 3.63. The maximum Gasteiger partial charge on any atom is 1.00 e. The van der Waals surface area contributed by atoms with Gasteiger partial charge >= 0.3 is 35.5 Å². The fourth-order valence-corrected chi connectivity index (χ4v) is 1.59. The molecule has 1 rings (SSSR count). The van der Waals surface area contributed by atoms with Gasteiger partial charge in [0.05, 0.1) is 5.56 Å². The third-order valence-electron chi connectivity index (χ3n) is 1.66. The maximum absolute atomic E-state index is 11.2. The van der Waals surface area contributed by atoms with Crippen LogP contribution in [-0.4, -0.2) is 24.0 Å². The van der Waals surface area contributed by atoms with Gasteiger partial charge in [0.2, 0.25) is 0 Å². The van der Waals surface area contributed by atoms with E-state index in [1.165, 1.54) is 0 Å². The molecule has 1 aromatic rings. The Kier molecular flexibility index (Phi) is 4.77. The molecule has 1 aromatic carbocycles. The molecule has 0 aromatic heterocycles. The van der Waals surface area contributed by atoms with Gasteiger partial charge in [0.25, 0.3) is 10.1 Å². The Morgan fingerprint density at radius 3 is 2.25 bits per heavy atom. The van der Waals surface area contributed by atoms with E-state index in [2.05, 4.69) is 0 Å². The largest absolute Gasteiger partial charge is 1.00 e. The number of carboxylic acids is 1. The number of rotatable bonds is 2. The number of carboxylic acid groups (broad SMARTS) is 1. The Labute approximate surface area is 113 Å². The van der Waals surface area contributed by atoms with Crippen LogP contribution in [0.2, 0.25) is 0 Å². The van der Waals surface area contributed by atoms with E-state index >= 15 is 0 Å². The van der Waals surface area contributed by atoms with Gasteiger partial charge in [-0.25, -0.2) is 4.79 Å². The van der Waals surface area contributed by atoms with Crippen molar-refractivity contribution in [1.29, 1.82) is 0 Å². The fraction of sp³-hybridized carbons (Fsp3) is 0. The van der Waals surface area contributed by atoms with E-state index in [0.717, 1.165) is 12.1 Å². The first kappa shape index (κ1) is 15.2. The van der Waals surface area contributed by atoms with Crippen molar-refractivity contribution in [2.45, 2.75) is 4.90 Å². The molecule has 0 amide bonds. The Bertz CT molecular complexity index is 526. The number of hydrogen-bond donors (Lipinski definition) is 3. The van der Waals surface area contributed by atoms with Crippen molar-refractivity contribution < 1.29 is 57.5 Å². The van der Waals surface area contributed by atoms with Crippen LogP contribution >= 0.6 is 0 Å². The van der Waals surface area contributed by atoms with Crippen molar-refractivity contribution in [2.75, 3.05) is 5.73 Å². The fourth-order valence-electron chi connectivity index (χ4n) is 0.975. The number of aromatic carboxylic acids is 1. The van der Waals surface area contributed by atoms with Crippen molar-refractivity contribution in [3.05, 3.63) is 17.7 Å². The van der Waals surface area contributed by atoms with Crippen LogP contribution in [0.25, 0.3) is 0 Å². The molecule has 0 atom stereocenters. The number of nitrogen functional groups attached to an aromatic ring is 1. The van der Waals surface area contributed by atoms with E-state index in [1.54, 1.807) is 0 Å². The first-order valence-corrected chi connectivity index (χ1v) is 4.99. The molecule has 16 heavy (non-hydrogen) atoms. The van der Waals surface area contributed by atoms with Crippen LogP contribution in [0, 0.1) is 0 Å². The van der Waals surface area contributed by atoms with Crippen molar-refractivity contribution in [2.24, 2.45) is 0 Å². The van der Waals surface area contributed by atoms with Crippen molar-refractivity contribution >= 4 is 21.8 Å². The summed E-state index contributed by atoms with van der Waals surface area (Å²) in [6.45, 7) is 0. The molecule has 0 unspecified atom stereocenters. The molecule has 0 saturated heterocycles. The summed E-state index contributed by atoms with van der Waals surface area (Å²) in [5.74, 6) is -2.66. The number of nitrogens with two attached hydrogens (primary N) is 1. The molecule has 7 nitrogen and oxygen atoms in total. The molecule has 0 fully saturated rings. The molecule has 9 heteroatoms. The Hall–Kier alpha value is -0.800. The average molecular weight is 255 g/mol. The zero-order valence-corrected chi connectivity index (χ0v) is 11.0. The topological polar surface area (TPSA) is 141 Å². The second kappa shape index (κ2) is 5.02. The van der Waals surface area contributed by atoms with Crippen molar-refractivity contribution in [3.8, 4) is 5.75 Å². The monoisotopic (exact) mass is 255 g/mol. The van der Waals surface area contributed by atoms with Gasteiger partial charge in [-0.05, 0) is 12.1 Å². The number of hydrogen-bond acceptors (Lipinski definition) is 5. The predicted octanol–water partition coefficient (Wildman–Crippen LogP) is -3.71.